The van der Waals surface area contributed by atoms with Crippen molar-refractivity contribution in [2.24, 2.45) is 0 Å². The zero-order chi connectivity index (χ0) is 29.4. The number of Topliss-reactive ketones (excluding diaryl/α,β-unsaturated/α-hetero) is 1. The predicted octanol–water partition coefficient (Wildman–Crippen LogP) is 5.78. The van der Waals surface area contributed by atoms with Crippen LogP contribution in [-0.2, 0) is 15.0 Å². The number of rotatable bonds is 7. The molecule has 0 aromatic heterocycles. The summed E-state index contributed by atoms with van der Waals surface area (Å²) < 4.78 is 35.8. The molecule has 0 aliphatic carbocycles. The van der Waals surface area contributed by atoms with Crippen molar-refractivity contribution < 1.29 is 38.0 Å². The average Bonchev–Trinajstić information content (AvgIpc) is 3.21. The van der Waals surface area contributed by atoms with Gasteiger partial charge in [-0.25, -0.2) is 4.39 Å². The molecule has 4 rings (SSSR count). The van der Waals surface area contributed by atoms with Crippen molar-refractivity contribution in [3.05, 3.63) is 82.7 Å². The molecule has 8 nitrogen and oxygen atoms in total. The van der Waals surface area contributed by atoms with E-state index < -0.39 is 29.3 Å². The topological polar surface area (TPSA) is 94.5 Å². The molecule has 3 aromatic rings. The molecule has 1 unspecified atom stereocenters. The Morgan fingerprint density at radius 3 is 1.90 bits per heavy atom. The van der Waals surface area contributed by atoms with Gasteiger partial charge in [0.2, 0.25) is 5.75 Å². The van der Waals surface area contributed by atoms with Crippen molar-refractivity contribution in [2.75, 3.05) is 33.3 Å². The summed E-state index contributed by atoms with van der Waals surface area (Å²) in [6.45, 7) is 6.05. The largest absolute Gasteiger partial charge is 0.507 e. The normalized spacial score (nSPS) is 16.7. The monoisotopic (exact) mass is 549 g/mol. The van der Waals surface area contributed by atoms with E-state index in [0.29, 0.717) is 17.1 Å². The Bertz CT molecular complexity index is 1460. The zero-order valence-electron chi connectivity index (χ0n) is 23.5. The van der Waals surface area contributed by atoms with Crippen LogP contribution >= 0.6 is 0 Å². The van der Waals surface area contributed by atoms with E-state index in [1.807, 2.05) is 26.8 Å². The number of amides is 1. The number of benzene rings is 3. The van der Waals surface area contributed by atoms with Crippen LogP contribution in [0.15, 0.2) is 60.2 Å². The Hall–Kier alpha value is -4.53. The van der Waals surface area contributed by atoms with Gasteiger partial charge in [-0.3, -0.25) is 14.5 Å². The van der Waals surface area contributed by atoms with Crippen molar-refractivity contribution in [2.45, 2.75) is 32.2 Å². The van der Waals surface area contributed by atoms with Crippen LogP contribution in [0.25, 0.3) is 5.76 Å². The van der Waals surface area contributed by atoms with Crippen LogP contribution in [0.5, 0.6) is 23.0 Å². The van der Waals surface area contributed by atoms with Gasteiger partial charge in [0, 0.05) is 5.69 Å². The average molecular weight is 550 g/mol. The molecule has 0 bridgehead atoms. The molecule has 9 heteroatoms. The maximum atomic E-state index is 13.8. The second kappa shape index (κ2) is 10.9. The molecule has 1 atom stereocenters. The number of nitrogens with zero attached hydrogens (tertiary/aromatic N) is 1. The van der Waals surface area contributed by atoms with Gasteiger partial charge in [-0.05, 0) is 65.1 Å². The summed E-state index contributed by atoms with van der Waals surface area (Å²) in [6, 6.07) is 12.6. The van der Waals surface area contributed by atoms with Gasteiger partial charge in [0.05, 0.1) is 45.6 Å². The van der Waals surface area contributed by atoms with Crippen molar-refractivity contribution in [3.8, 4) is 23.0 Å². The Morgan fingerprint density at radius 2 is 1.40 bits per heavy atom. The summed E-state index contributed by atoms with van der Waals surface area (Å²) in [4.78, 5) is 28.4. The molecule has 40 heavy (non-hydrogen) atoms. The molecule has 1 aliphatic rings. The van der Waals surface area contributed by atoms with Gasteiger partial charge in [0.15, 0.2) is 11.5 Å². The van der Waals surface area contributed by atoms with Crippen molar-refractivity contribution in [3.63, 3.8) is 0 Å². The van der Waals surface area contributed by atoms with Crippen LogP contribution in [0, 0.1) is 5.82 Å². The highest BCUT2D eigenvalue weighted by atomic mass is 19.1. The summed E-state index contributed by atoms with van der Waals surface area (Å²) >= 11 is 0. The molecule has 3 aromatic carbocycles. The fraction of sp³-hybridized carbons (Fsp3) is 0.290. The molecule has 1 N–H and O–H groups in total. The Labute approximate surface area is 232 Å². The molecule has 1 saturated heterocycles. The first-order valence-corrected chi connectivity index (χ1v) is 12.5. The lowest BCUT2D eigenvalue weighted by atomic mass is 9.85. The molecule has 1 aliphatic heterocycles. The van der Waals surface area contributed by atoms with Crippen molar-refractivity contribution in [1.82, 2.24) is 0 Å². The van der Waals surface area contributed by atoms with E-state index in [0.717, 1.165) is 5.56 Å². The van der Waals surface area contributed by atoms with E-state index in [9.17, 15) is 19.1 Å². The minimum atomic E-state index is -1.12. The van der Waals surface area contributed by atoms with Crippen LogP contribution in [-0.4, -0.2) is 45.2 Å². The summed E-state index contributed by atoms with van der Waals surface area (Å²) in [5.74, 6) is -1.52. The maximum absolute atomic E-state index is 13.8. The SMILES string of the molecule is COc1ccc(C(C)(C)C)cc1/C(O)=C1\C(=O)C(=O)N(c2ccc(F)cc2)C1c1cc(OC)c(OC)c(OC)c1. The summed E-state index contributed by atoms with van der Waals surface area (Å²) in [6.07, 6.45) is 0. The minimum absolute atomic E-state index is 0.173. The molecule has 1 heterocycles. The number of halogens is 1. The lowest BCUT2D eigenvalue weighted by Gasteiger charge is -2.27. The summed E-state index contributed by atoms with van der Waals surface area (Å²) in [5, 5.41) is 11.8. The van der Waals surface area contributed by atoms with Crippen LogP contribution in [0.1, 0.15) is 43.5 Å². The van der Waals surface area contributed by atoms with Gasteiger partial charge in [-0.1, -0.05) is 26.8 Å². The van der Waals surface area contributed by atoms with Gasteiger partial charge < -0.3 is 24.1 Å². The number of carbonyl (C=O) groups excluding carboxylic acids is 2. The molecule has 210 valence electrons. The molecule has 0 radical (unpaired) electrons. The van der Waals surface area contributed by atoms with E-state index in [-0.39, 0.29) is 33.7 Å². The highest BCUT2D eigenvalue weighted by Crippen LogP contribution is 2.48. The highest BCUT2D eigenvalue weighted by Gasteiger charge is 2.48. The quantitative estimate of drug-likeness (QED) is 0.227. The van der Waals surface area contributed by atoms with Crippen LogP contribution < -0.4 is 23.8 Å². The second-order valence-electron chi connectivity index (χ2n) is 10.3. The number of ketones is 1. The van der Waals surface area contributed by atoms with Gasteiger partial charge in [0.25, 0.3) is 11.7 Å². The molecule has 0 saturated carbocycles. The molecule has 1 amide bonds. The predicted molar refractivity (Wildman–Crippen MR) is 149 cm³/mol. The number of aliphatic hydroxyl groups excluding tert-OH is 1. The summed E-state index contributed by atoms with van der Waals surface area (Å²) in [7, 11) is 5.80. The molecule has 0 spiro atoms. The maximum Gasteiger partial charge on any atom is 0.300 e. The third-order valence-corrected chi connectivity index (χ3v) is 6.87. The van der Waals surface area contributed by atoms with Crippen molar-refractivity contribution >= 4 is 23.1 Å². The number of hydrogen-bond donors (Lipinski definition) is 1. The lowest BCUT2D eigenvalue weighted by Crippen LogP contribution is -2.29. The number of aliphatic hydroxyl groups is 1. The fourth-order valence-corrected chi connectivity index (χ4v) is 4.78. The van der Waals surface area contributed by atoms with E-state index in [4.69, 9.17) is 18.9 Å². The fourth-order valence-electron chi connectivity index (χ4n) is 4.78. The van der Waals surface area contributed by atoms with E-state index >= 15 is 0 Å². The number of anilines is 1. The number of ether oxygens (including phenoxy) is 4. The van der Waals surface area contributed by atoms with Gasteiger partial charge in [0.1, 0.15) is 17.3 Å². The third kappa shape index (κ3) is 4.95. The number of methoxy groups -OCH3 is 4. The van der Waals surface area contributed by atoms with Gasteiger partial charge >= 0.3 is 0 Å². The highest BCUT2D eigenvalue weighted by molar-refractivity contribution is 6.51. The van der Waals surface area contributed by atoms with Crippen LogP contribution in [0.2, 0.25) is 0 Å². The van der Waals surface area contributed by atoms with E-state index in [2.05, 4.69) is 0 Å². The first-order chi connectivity index (χ1) is 19.0. The Balaban J connectivity index is 2.06. The minimum Gasteiger partial charge on any atom is -0.507 e. The zero-order valence-corrected chi connectivity index (χ0v) is 23.5. The second-order valence-corrected chi connectivity index (χ2v) is 10.3. The first kappa shape index (κ1) is 28.5. The van der Waals surface area contributed by atoms with Gasteiger partial charge in [-0.2, -0.15) is 0 Å². The molecule has 1 fully saturated rings. The van der Waals surface area contributed by atoms with Crippen molar-refractivity contribution in [1.29, 1.82) is 0 Å². The van der Waals surface area contributed by atoms with Gasteiger partial charge in [-0.15, -0.1) is 0 Å². The Kier molecular flexibility index (Phi) is 7.77. The van der Waals surface area contributed by atoms with E-state index in [1.54, 1.807) is 24.3 Å². The Morgan fingerprint density at radius 1 is 0.825 bits per heavy atom. The third-order valence-electron chi connectivity index (χ3n) is 6.87. The number of carbonyl (C=O) groups is 2. The van der Waals surface area contributed by atoms with E-state index in [1.165, 1.54) is 57.6 Å². The number of hydrogen-bond acceptors (Lipinski definition) is 7. The first-order valence-electron chi connectivity index (χ1n) is 12.5. The summed E-state index contributed by atoms with van der Waals surface area (Å²) in [5.41, 5.74) is 1.34. The smallest absolute Gasteiger partial charge is 0.300 e. The molecular weight excluding hydrogens is 517 g/mol. The molecular formula is C31H32FNO7. The standard InChI is InChI=1S/C31H32FNO7/c1-31(2,3)18-8-13-22(37-4)21(16-18)27(34)25-26(17-14-23(38-5)29(40-7)24(15-17)39-6)33(30(36)28(25)35)20-11-9-19(32)10-12-20/h8-16,26,34H,1-7H3/b27-25+. The van der Waals surface area contributed by atoms with Crippen LogP contribution in [0.4, 0.5) is 10.1 Å². The lowest BCUT2D eigenvalue weighted by molar-refractivity contribution is -0.132. The van der Waals surface area contributed by atoms with Crippen LogP contribution in [0.3, 0.4) is 0 Å².